The van der Waals surface area contributed by atoms with Crippen molar-refractivity contribution in [1.82, 2.24) is 14.9 Å². The number of aromatic amines is 1. The number of hydrogen-bond donors (Lipinski definition) is 4. The SMILES string of the molecule is CC(=O)NCC(O)[C@H]1O[C@@H](n2cc(C)c(=O)[nH]c2=O)C[C@@H]1O. The highest BCUT2D eigenvalue weighted by molar-refractivity contribution is 5.72. The van der Waals surface area contributed by atoms with Crippen LogP contribution in [0.5, 0.6) is 0 Å². The molecule has 0 spiro atoms. The Bertz CT molecular complexity index is 666. The zero-order valence-corrected chi connectivity index (χ0v) is 12.3. The molecule has 4 atom stereocenters. The molecular weight excluding hydrogens is 294 g/mol. The fraction of sp³-hybridized carbons (Fsp3) is 0.615. The molecule has 22 heavy (non-hydrogen) atoms. The van der Waals surface area contributed by atoms with E-state index in [1.807, 2.05) is 0 Å². The maximum absolute atomic E-state index is 11.8. The van der Waals surface area contributed by atoms with E-state index >= 15 is 0 Å². The summed E-state index contributed by atoms with van der Waals surface area (Å²) in [4.78, 5) is 36.2. The average molecular weight is 313 g/mol. The second-order valence-corrected chi connectivity index (χ2v) is 5.34. The number of carbonyl (C=O) groups excluding carboxylic acids is 1. The highest BCUT2D eigenvalue weighted by Gasteiger charge is 2.39. The van der Waals surface area contributed by atoms with Crippen molar-refractivity contribution >= 4 is 5.91 Å². The highest BCUT2D eigenvalue weighted by Crippen LogP contribution is 2.29. The fourth-order valence-electron chi connectivity index (χ4n) is 2.36. The number of aryl methyl sites for hydroxylation is 1. The van der Waals surface area contributed by atoms with E-state index in [0.29, 0.717) is 5.56 Å². The van der Waals surface area contributed by atoms with Crippen LogP contribution >= 0.6 is 0 Å². The molecule has 0 bridgehead atoms. The van der Waals surface area contributed by atoms with Crippen LogP contribution in [0.2, 0.25) is 0 Å². The van der Waals surface area contributed by atoms with E-state index in [-0.39, 0.29) is 18.9 Å². The van der Waals surface area contributed by atoms with Crippen molar-refractivity contribution in [2.24, 2.45) is 0 Å². The second kappa shape index (κ2) is 6.42. The highest BCUT2D eigenvalue weighted by atomic mass is 16.5. The first-order chi connectivity index (χ1) is 10.3. The van der Waals surface area contributed by atoms with Gasteiger partial charge in [-0.15, -0.1) is 0 Å². The van der Waals surface area contributed by atoms with E-state index in [9.17, 15) is 24.6 Å². The van der Waals surface area contributed by atoms with Gasteiger partial charge in [0.25, 0.3) is 5.56 Å². The molecule has 1 saturated heterocycles. The third-order valence-corrected chi connectivity index (χ3v) is 3.53. The lowest BCUT2D eigenvalue weighted by Crippen LogP contribution is -2.42. The summed E-state index contributed by atoms with van der Waals surface area (Å²) < 4.78 is 6.69. The normalized spacial score (nSPS) is 25.9. The molecular formula is C13H19N3O6. The monoisotopic (exact) mass is 313 g/mol. The van der Waals surface area contributed by atoms with Crippen LogP contribution in [-0.2, 0) is 9.53 Å². The van der Waals surface area contributed by atoms with Gasteiger partial charge in [0.05, 0.1) is 6.10 Å². The number of nitrogens with zero attached hydrogens (tertiary/aromatic N) is 1. The fourth-order valence-corrected chi connectivity index (χ4v) is 2.36. The summed E-state index contributed by atoms with van der Waals surface area (Å²) in [7, 11) is 0. The number of hydrogen-bond acceptors (Lipinski definition) is 6. The first-order valence-corrected chi connectivity index (χ1v) is 6.87. The van der Waals surface area contributed by atoms with Crippen LogP contribution in [0.15, 0.2) is 15.8 Å². The zero-order chi connectivity index (χ0) is 16.4. The number of aliphatic hydroxyl groups excluding tert-OH is 2. The Balaban J connectivity index is 2.14. The number of amides is 1. The van der Waals surface area contributed by atoms with Gasteiger partial charge in [-0.05, 0) is 6.92 Å². The first-order valence-electron chi connectivity index (χ1n) is 6.87. The number of aromatic nitrogens is 2. The Kier molecular flexibility index (Phi) is 4.79. The molecule has 9 nitrogen and oxygen atoms in total. The molecule has 4 N–H and O–H groups in total. The van der Waals surface area contributed by atoms with Crippen LogP contribution < -0.4 is 16.6 Å². The molecule has 9 heteroatoms. The molecule has 2 rings (SSSR count). The predicted octanol–water partition coefficient (Wildman–Crippen LogP) is -2.01. The van der Waals surface area contributed by atoms with Gasteiger partial charge in [0.2, 0.25) is 5.91 Å². The molecule has 1 aromatic rings. The molecule has 122 valence electrons. The molecule has 1 fully saturated rings. The van der Waals surface area contributed by atoms with Crippen LogP contribution in [-0.4, -0.2) is 50.5 Å². The largest absolute Gasteiger partial charge is 0.390 e. The predicted molar refractivity (Wildman–Crippen MR) is 75.3 cm³/mol. The van der Waals surface area contributed by atoms with Crippen LogP contribution in [0.1, 0.15) is 25.1 Å². The Morgan fingerprint density at radius 3 is 2.91 bits per heavy atom. The molecule has 0 radical (unpaired) electrons. The van der Waals surface area contributed by atoms with Gasteiger partial charge in [-0.25, -0.2) is 4.79 Å². The molecule has 0 aromatic carbocycles. The number of H-pyrrole nitrogens is 1. The van der Waals surface area contributed by atoms with Crippen molar-refractivity contribution in [2.45, 2.75) is 44.8 Å². The number of rotatable bonds is 4. The summed E-state index contributed by atoms with van der Waals surface area (Å²) in [5.41, 5.74) is -0.799. The number of carbonyl (C=O) groups is 1. The third-order valence-electron chi connectivity index (χ3n) is 3.53. The van der Waals surface area contributed by atoms with Crippen LogP contribution in [0.25, 0.3) is 0 Å². The van der Waals surface area contributed by atoms with Gasteiger partial charge in [-0.3, -0.25) is 19.1 Å². The lowest BCUT2D eigenvalue weighted by atomic mass is 10.1. The summed E-state index contributed by atoms with van der Waals surface area (Å²) in [5, 5.41) is 22.4. The van der Waals surface area contributed by atoms with Crippen molar-refractivity contribution in [1.29, 1.82) is 0 Å². The smallest absolute Gasteiger partial charge is 0.330 e. The quantitative estimate of drug-likeness (QED) is 0.507. The van der Waals surface area contributed by atoms with Crippen LogP contribution in [0.3, 0.4) is 0 Å². The van der Waals surface area contributed by atoms with Gasteiger partial charge < -0.3 is 20.3 Å². The van der Waals surface area contributed by atoms with Gasteiger partial charge >= 0.3 is 5.69 Å². The number of aliphatic hydroxyl groups is 2. The summed E-state index contributed by atoms with van der Waals surface area (Å²) in [6, 6.07) is 0. The summed E-state index contributed by atoms with van der Waals surface area (Å²) >= 11 is 0. The molecule has 1 unspecified atom stereocenters. The molecule has 2 heterocycles. The summed E-state index contributed by atoms with van der Waals surface area (Å²) in [6.45, 7) is 2.79. The average Bonchev–Trinajstić information content (AvgIpc) is 2.82. The maximum atomic E-state index is 11.8. The van der Waals surface area contributed by atoms with E-state index < -0.39 is 35.8 Å². The van der Waals surface area contributed by atoms with E-state index in [4.69, 9.17) is 4.74 Å². The summed E-state index contributed by atoms with van der Waals surface area (Å²) in [5.74, 6) is -0.310. The molecule has 0 saturated carbocycles. The molecule has 1 aromatic heterocycles. The number of ether oxygens (including phenoxy) is 1. The van der Waals surface area contributed by atoms with Crippen LogP contribution in [0, 0.1) is 6.92 Å². The van der Waals surface area contributed by atoms with Gasteiger partial charge in [-0.1, -0.05) is 0 Å². The van der Waals surface area contributed by atoms with Gasteiger partial charge in [-0.2, -0.15) is 0 Å². The molecule has 1 amide bonds. The van der Waals surface area contributed by atoms with Gasteiger partial charge in [0.15, 0.2) is 0 Å². The van der Waals surface area contributed by atoms with Gasteiger partial charge in [0, 0.05) is 31.6 Å². The van der Waals surface area contributed by atoms with E-state index in [1.165, 1.54) is 17.7 Å². The number of nitrogens with one attached hydrogen (secondary N) is 2. The Morgan fingerprint density at radius 1 is 1.59 bits per heavy atom. The second-order valence-electron chi connectivity index (χ2n) is 5.34. The van der Waals surface area contributed by atoms with Crippen LogP contribution in [0.4, 0.5) is 0 Å². The van der Waals surface area contributed by atoms with Crippen molar-refractivity contribution in [3.63, 3.8) is 0 Å². The van der Waals surface area contributed by atoms with E-state index in [1.54, 1.807) is 6.92 Å². The first kappa shape index (κ1) is 16.4. The van der Waals surface area contributed by atoms with Gasteiger partial charge in [0.1, 0.15) is 18.4 Å². The molecule has 0 aliphatic carbocycles. The third kappa shape index (κ3) is 3.43. The standard InChI is InChI=1S/C13H19N3O6/c1-6-5-16(13(21)15-12(6)20)10-3-8(18)11(22-10)9(19)4-14-7(2)17/h5,8-11,18-19H,3-4H2,1-2H3,(H,14,17)(H,15,20,21)/t8-,9?,10+,11-/m0/s1. The lowest BCUT2D eigenvalue weighted by Gasteiger charge is -2.21. The maximum Gasteiger partial charge on any atom is 0.330 e. The van der Waals surface area contributed by atoms with Crippen molar-refractivity contribution < 1.29 is 19.7 Å². The summed E-state index contributed by atoms with van der Waals surface area (Å²) in [6.07, 6.45) is -2.39. The van der Waals surface area contributed by atoms with E-state index in [0.717, 1.165) is 0 Å². The molecule has 1 aliphatic rings. The minimum absolute atomic E-state index is 0.0661. The molecule has 1 aliphatic heterocycles. The van der Waals surface area contributed by atoms with Crippen molar-refractivity contribution in [3.05, 3.63) is 32.6 Å². The Hall–Kier alpha value is -1.97. The Morgan fingerprint density at radius 2 is 2.27 bits per heavy atom. The Labute approximate surface area is 125 Å². The zero-order valence-electron chi connectivity index (χ0n) is 12.3. The topological polar surface area (TPSA) is 134 Å². The lowest BCUT2D eigenvalue weighted by molar-refractivity contribution is -0.121. The minimum Gasteiger partial charge on any atom is -0.390 e. The van der Waals surface area contributed by atoms with Crippen molar-refractivity contribution in [3.8, 4) is 0 Å². The van der Waals surface area contributed by atoms with E-state index in [2.05, 4.69) is 10.3 Å². The minimum atomic E-state index is -1.11. The van der Waals surface area contributed by atoms with Crippen molar-refractivity contribution in [2.75, 3.05) is 6.54 Å².